The van der Waals surface area contributed by atoms with Gasteiger partial charge in [0.05, 0.1) is 29.8 Å². The van der Waals surface area contributed by atoms with Crippen molar-refractivity contribution in [3.05, 3.63) is 28.2 Å². The molecule has 100 valence electrons. The van der Waals surface area contributed by atoms with Crippen molar-refractivity contribution < 1.29 is 9.47 Å². The van der Waals surface area contributed by atoms with Crippen LogP contribution in [0.5, 0.6) is 5.75 Å². The summed E-state index contributed by atoms with van der Waals surface area (Å²) in [6, 6.07) is 6.42. The molecule has 0 bridgehead atoms. The molecule has 1 aromatic rings. The van der Waals surface area contributed by atoms with Crippen molar-refractivity contribution in [3.63, 3.8) is 0 Å². The minimum Gasteiger partial charge on any atom is -0.496 e. The van der Waals surface area contributed by atoms with Crippen LogP contribution in [0.2, 0.25) is 0 Å². The molecule has 1 aliphatic rings. The third kappa shape index (κ3) is 2.87. The zero-order chi connectivity index (χ0) is 13.1. The zero-order valence-corrected chi connectivity index (χ0v) is 12.7. The second-order valence-corrected chi connectivity index (χ2v) is 5.58. The van der Waals surface area contributed by atoms with Crippen LogP contribution in [-0.2, 0) is 4.74 Å². The topological polar surface area (TPSA) is 30.5 Å². The van der Waals surface area contributed by atoms with E-state index in [9.17, 15) is 0 Å². The Kier molecular flexibility index (Phi) is 4.65. The van der Waals surface area contributed by atoms with Crippen LogP contribution in [0.25, 0.3) is 0 Å². The minimum atomic E-state index is 0.233. The quantitative estimate of drug-likeness (QED) is 0.925. The van der Waals surface area contributed by atoms with E-state index in [1.165, 1.54) is 5.56 Å². The van der Waals surface area contributed by atoms with Crippen molar-refractivity contribution in [1.82, 2.24) is 5.32 Å². The molecule has 0 aliphatic carbocycles. The van der Waals surface area contributed by atoms with Gasteiger partial charge in [-0.3, -0.25) is 0 Å². The Morgan fingerprint density at radius 3 is 2.72 bits per heavy atom. The van der Waals surface area contributed by atoms with Gasteiger partial charge in [-0.2, -0.15) is 0 Å². The third-order valence-corrected chi connectivity index (χ3v) is 4.10. The molecule has 4 heteroatoms. The molecule has 1 heterocycles. The van der Waals surface area contributed by atoms with E-state index in [4.69, 9.17) is 9.47 Å². The molecule has 18 heavy (non-hydrogen) atoms. The first-order valence-electron chi connectivity index (χ1n) is 6.32. The normalized spacial score (nSPS) is 25.1. The molecule has 1 aromatic carbocycles. The Morgan fingerprint density at radius 1 is 1.44 bits per heavy atom. The molecule has 2 rings (SSSR count). The molecule has 3 nitrogen and oxygen atoms in total. The lowest BCUT2D eigenvalue weighted by atomic mass is 9.99. The van der Waals surface area contributed by atoms with Crippen molar-refractivity contribution in [2.45, 2.75) is 38.0 Å². The summed E-state index contributed by atoms with van der Waals surface area (Å²) in [6.07, 6.45) is 2.87. The molecule has 3 unspecified atom stereocenters. The van der Waals surface area contributed by atoms with E-state index in [-0.39, 0.29) is 12.1 Å². The molecule has 3 atom stereocenters. The Bertz CT molecular complexity index is 411. The number of halogens is 1. The number of benzene rings is 1. The fourth-order valence-electron chi connectivity index (χ4n) is 2.52. The monoisotopic (exact) mass is 313 g/mol. The fourth-order valence-corrected chi connectivity index (χ4v) is 3.08. The van der Waals surface area contributed by atoms with Crippen molar-refractivity contribution in [2.24, 2.45) is 0 Å². The second kappa shape index (κ2) is 6.04. The molecule has 1 saturated heterocycles. The number of hydrogen-bond acceptors (Lipinski definition) is 3. The number of methoxy groups -OCH3 is 1. The lowest BCUT2D eigenvalue weighted by Crippen LogP contribution is -2.29. The summed E-state index contributed by atoms with van der Waals surface area (Å²) in [5.41, 5.74) is 1.23. The molecule has 1 fully saturated rings. The smallest absolute Gasteiger partial charge is 0.133 e. The predicted molar refractivity (Wildman–Crippen MR) is 76.1 cm³/mol. The number of likely N-dealkylation sites (N-methyl/N-ethyl adjacent to an activating group) is 1. The van der Waals surface area contributed by atoms with Crippen LogP contribution < -0.4 is 10.1 Å². The van der Waals surface area contributed by atoms with Gasteiger partial charge >= 0.3 is 0 Å². The van der Waals surface area contributed by atoms with Crippen molar-refractivity contribution in [1.29, 1.82) is 0 Å². The Morgan fingerprint density at radius 2 is 2.22 bits per heavy atom. The van der Waals surface area contributed by atoms with Crippen LogP contribution in [0, 0.1) is 0 Å². The predicted octanol–water partition coefficient (Wildman–Crippen LogP) is 3.29. The molecule has 0 amide bonds. The van der Waals surface area contributed by atoms with Crippen LogP contribution >= 0.6 is 15.9 Å². The van der Waals surface area contributed by atoms with Gasteiger partial charge in [0.2, 0.25) is 0 Å². The van der Waals surface area contributed by atoms with Crippen LogP contribution in [0.15, 0.2) is 22.7 Å². The Hall–Kier alpha value is -0.580. The molecule has 1 N–H and O–H groups in total. The first-order chi connectivity index (χ1) is 8.65. The second-order valence-electron chi connectivity index (χ2n) is 4.72. The molecule has 0 aromatic heterocycles. The summed E-state index contributed by atoms with van der Waals surface area (Å²) in [7, 11) is 3.66. The van der Waals surface area contributed by atoms with Crippen LogP contribution in [0.1, 0.15) is 31.4 Å². The van der Waals surface area contributed by atoms with E-state index < -0.39 is 0 Å². The van der Waals surface area contributed by atoms with Gasteiger partial charge in [-0.05, 0) is 60.4 Å². The number of hydrogen-bond donors (Lipinski definition) is 1. The van der Waals surface area contributed by atoms with Gasteiger partial charge in [-0.15, -0.1) is 0 Å². The number of nitrogens with one attached hydrogen (secondary N) is 1. The largest absolute Gasteiger partial charge is 0.496 e. The Balaban J connectivity index is 2.19. The lowest BCUT2D eigenvalue weighted by molar-refractivity contribution is 0.0333. The first kappa shape index (κ1) is 13.8. The maximum Gasteiger partial charge on any atom is 0.133 e. The first-order valence-corrected chi connectivity index (χ1v) is 7.11. The average Bonchev–Trinajstić information content (AvgIpc) is 2.77. The summed E-state index contributed by atoms with van der Waals surface area (Å²) in [4.78, 5) is 0. The van der Waals surface area contributed by atoms with Gasteiger partial charge in [0.25, 0.3) is 0 Å². The summed E-state index contributed by atoms with van der Waals surface area (Å²) < 4.78 is 12.2. The van der Waals surface area contributed by atoms with Gasteiger partial charge in [0.1, 0.15) is 5.75 Å². The van der Waals surface area contributed by atoms with E-state index in [1.807, 2.05) is 13.1 Å². The standard InChI is InChI=1S/C14H20BrNO2/c1-9-4-6-13(18-9)14(16-2)10-5-7-12(17-3)11(15)8-10/h5,7-9,13-14,16H,4,6H2,1-3H3. The summed E-state index contributed by atoms with van der Waals surface area (Å²) in [5.74, 6) is 0.856. The van der Waals surface area contributed by atoms with E-state index in [0.717, 1.165) is 23.1 Å². The van der Waals surface area contributed by atoms with Crippen molar-refractivity contribution >= 4 is 15.9 Å². The maximum atomic E-state index is 5.96. The van der Waals surface area contributed by atoms with Crippen LogP contribution in [0.4, 0.5) is 0 Å². The van der Waals surface area contributed by atoms with Crippen LogP contribution in [-0.4, -0.2) is 26.4 Å². The summed E-state index contributed by atoms with van der Waals surface area (Å²) >= 11 is 3.53. The van der Waals surface area contributed by atoms with E-state index in [1.54, 1.807) is 7.11 Å². The molecule has 0 spiro atoms. The van der Waals surface area contributed by atoms with Gasteiger partial charge in [0.15, 0.2) is 0 Å². The molecular formula is C14H20BrNO2. The highest BCUT2D eigenvalue weighted by molar-refractivity contribution is 9.10. The average molecular weight is 314 g/mol. The van der Waals surface area contributed by atoms with E-state index in [0.29, 0.717) is 6.10 Å². The number of rotatable bonds is 4. The third-order valence-electron chi connectivity index (χ3n) is 3.48. The lowest BCUT2D eigenvalue weighted by Gasteiger charge is -2.24. The highest BCUT2D eigenvalue weighted by Gasteiger charge is 2.29. The van der Waals surface area contributed by atoms with Crippen LogP contribution in [0.3, 0.4) is 0 Å². The molecular weight excluding hydrogens is 294 g/mol. The minimum absolute atomic E-state index is 0.233. The summed E-state index contributed by atoms with van der Waals surface area (Å²) in [6.45, 7) is 2.14. The van der Waals surface area contributed by atoms with Gasteiger partial charge in [-0.25, -0.2) is 0 Å². The highest BCUT2D eigenvalue weighted by Crippen LogP contribution is 2.33. The van der Waals surface area contributed by atoms with Gasteiger partial charge < -0.3 is 14.8 Å². The molecule has 0 saturated carbocycles. The van der Waals surface area contributed by atoms with E-state index in [2.05, 4.69) is 40.3 Å². The zero-order valence-electron chi connectivity index (χ0n) is 11.1. The Labute approximate surface area is 117 Å². The van der Waals surface area contributed by atoms with Gasteiger partial charge in [-0.1, -0.05) is 6.07 Å². The fraction of sp³-hybridized carbons (Fsp3) is 0.571. The van der Waals surface area contributed by atoms with Crippen molar-refractivity contribution in [2.75, 3.05) is 14.2 Å². The SMILES string of the molecule is CNC(c1ccc(OC)c(Br)c1)C1CCC(C)O1. The highest BCUT2D eigenvalue weighted by atomic mass is 79.9. The van der Waals surface area contributed by atoms with Crippen molar-refractivity contribution in [3.8, 4) is 5.75 Å². The molecule has 1 aliphatic heterocycles. The van der Waals surface area contributed by atoms with E-state index >= 15 is 0 Å². The molecule has 0 radical (unpaired) electrons. The maximum absolute atomic E-state index is 5.96. The van der Waals surface area contributed by atoms with Gasteiger partial charge in [0, 0.05) is 0 Å². The summed E-state index contributed by atoms with van der Waals surface area (Å²) in [5, 5.41) is 3.36. The number of ether oxygens (including phenoxy) is 2.